The summed E-state index contributed by atoms with van der Waals surface area (Å²) in [7, 11) is 0. The number of anilines is 1. The molecule has 0 aliphatic carbocycles. The van der Waals surface area contributed by atoms with Gasteiger partial charge in [-0.1, -0.05) is 30.3 Å². The molecule has 1 atom stereocenters. The number of thiophene rings is 1. The molecule has 0 saturated carbocycles. The van der Waals surface area contributed by atoms with Gasteiger partial charge in [0.15, 0.2) is 6.10 Å². The molecule has 7 heteroatoms. The Morgan fingerprint density at radius 3 is 2.68 bits per heavy atom. The molecule has 0 aliphatic heterocycles. The lowest BCUT2D eigenvalue weighted by Crippen LogP contribution is -2.36. The standard InChI is InChI=1S/C21H23N3O3S/c1-12-11-13(2)24-20-16(12)17(22)18(28-20)21(26)27-14(3)19(25)23-10-9-15-7-5-4-6-8-15/h4-8,11,14H,9-10,22H2,1-3H3,(H,23,25). The number of aryl methyl sites for hydroxylation is 2. The summed E-state index contributed by atoms with van der Waals surface area (Å²) >= 11 is 1.19. The topological polar surface area (TPSA) is 94.3 Å². The van der Waals surface area contributed by atoms with E-state index in [4.69, 9.17) is 10.5 Å². The van der Waals surface area contributed by atoms with E-state index >= 15 is 0 Å². The van der Waals surface area contributed by atoms with Crippen LogP contribution in [0.25, 0.3) is 10.2 Å². The number of esters is 1. The number of rotatable bonds is 6. The Labute approximate surface area is 167 Å². The van der Waals surface area contributed by atoms with E-state index in [9.17, 15) is 9.59 Å². The van der Waals surface area contributed by atoms with Crippen LogP contribution in [0.4, 0.5) is 5.69 Å². The molecule has 0 saturated heterocycles. The van der Waals surface area contributed by atoms with Gasteiger partial charge < -0.3 is 15.8 Å². The molecule has 6 nitrogen and oxygen atoms in total. The number of benzene rings is 1. The molecule has 2 aromatic heterocycles. The van der Waals surface area contributed by atoms with Crippen LogP contribution in [0.15, 0.2) is 36.4 Å². The second-order valence-corrected chi connectivity index (χ2v) is 7.68. The predicted octanol–water partition coefficient (Wildman–Crippen LogP) is 3.40. The quantitative estimate of drug-likeness (QED) is 0.622. The number of ether oxygens (including phenoxy) is 1. The van der Waals surface area contributed by atoms with E-state index < -0.39 is 12.1 Å². The summed E-state index contributed by atoms with van der Waals surface area (Å²) < 4.78 is 5.33. The van der Waals surface area contributed by atoms with Gasteiger partial charge in [-0.2, -0.15) is 0 Å². The van der Waals surface area contributed by atoms with Crippen molar-refractivity contribution in [3.63, 3.8) is 0 Å². The minimum Gasteiger partial charge on any atom is -0.448 e. The summed E-state index contributed by atoms with van der Waals surface area (Å²) in [6.45, 7) is 5.84. The SMILES string of the molecule is Cc1cc(C)c2c(N)c(C(=O)OC(C)C(=O)NCCc3ccccc3)sc2n1. The number of nitrogens with one attached hydrogen (secondary N) is 1. The number of hydrogen-bond acceptors (Lipinski definition) is 6. The molecule has 28 heavy (non-hydrogen) atoms. The van der Waals surface area contributed by atoms with Crippen molar-refractivity contribution in [2.24, 2.45) is 0 Å². The van der Waals surface area contributed by atoms with E-state index in [1.54, 1.807) is 6.92 Å². The van der Waals surface area contributed by atoms with Crippen LogP contribution in [-0.4, -0.2) is 29.5 Å². The fraction of sp³-hybridized carbons (Fsp3) is 0.286. The Morgan fingerprint density at radius 1 is 1.25 bits per heavy atom. The largest absolute Gasteiger partial charge is 0.448 e. The van der Waals surface area contributed by atoms with Gasteiger partial charge in [0, 0.05) is 17.6 Å². The fourth-order valence-electron chi connectivity index (χ4n) is 3.01. The minimum absolute atomic E-state index is 0.278. The van der Waals surface area contributed by atoms with E-state index in [0.29, 0.717) is 23.5 Å². The molecule has 0 aliphatic rings. The molecule has 1 amide bonds. The molecular formula is C21H23N3O3S. The van der Waals surface area contributed by atoms with Crippen LogP contribution in [0, 0.1) is 13.8 Å². The first-order chi connectivity index (χ1) is 13.4. The van der Waals surface area contributed by atoms with E-state index in [1.807, 2.05) is 50.2 Å². The van der Waals surface area contributed by atoms with E-state index in [1.165, 1.54) is 11.3 Å². The van der Waals surface area contributed by atoms with Gasteiger partial charge in [0.25, 0.3) is 5.91 Å². The van der Waals surface area contributed by atoms with Crippen molar-refractivity contribution in [3.05, 3.63) is 58.1 Å². The van der Waals surface area contributed by atoms with Crippen LogP contribution >= 0.6 is 11.3 Å². The van der Waals surface area contributed by atoms with E-state index in [0.717, 1.165) is 22.2 Å². The number of carbonyl (C=O) groups is 2. The minimum atomic E-state index is -0.913. The Hall–Kier alpha value is -2.93. The number of pyridine rings is 1. The number of nitrogens with two attached hydrogens (primary N) is 1. The molecule has 2 heterocycles. The van der Waals surface area contributed by atoms with Crippen LogP contribution < -0.4 is 11.1 Å². The van der Waals surface area contributed by atoms with Gasteiger partial charge in [-0.3, -0.25) is 4.79 Å². The molecule has 3 rings (SSSR count). The van der Waals surface area contributed by atoms with Gasteiger partial charge in [0.1, 0.15) is 9.71 Å². The predicted molar refractivity (Wildman–Crippen MR) is 112 cm³/mol. The molecular weight excluding hydrogens is 374 g/mol. The highest BCUT2D eigenvalue weighted by Gasteiger charge is 2.24. The summed E-state index contributed by atoms with van der Waals surface area (Å²) in [6.07, 6.45) is -0.204. The molecule has 0 bridgehead atoms. The van der Waals surface area contributed by atoms with Crippen molar-refractivity contribution in [1.29, 1.82) is 0 Å². The fourth-order valence-corrected chi connectivity index (χ4v) is 4.11. The third kappa shape index (κ3) is 4.31. The molecule has 0 fully saturated rings. The van der Waals surface area contributed by atoms with Crippen LogP contribution in [-0.2, 0) is 16.0 Å². The smallest absolute Gasteiger partial charge is 0.351 e. The Balaban J connectivity index is 1.62. The van der Waals surface area contributed by atoms with Gasteiger partial charge in [0.05, 0.1) is 5.69 Å². The van der Waals surface area contributed by atoms with Crippen LogP contribution in [0.1, 0.15) is 33.4 Å². The summed E-state index contributed by atoms with van der Waals surface area (Å²) in [6, 6.07) is 11.8. The molecule has 1 unspecified atom stereocenters. The van der Waals surface area contributed by atoms with Gasteiger partial charge in [0.2, 0.25) is 0 Å². The summed E-state index contributed by atoms with van der Waals surface area (Å²) in [5.74, 6) is -0.947. The number of hydrogen-bond donors (Lipinski definition) is 2. The van der Waals surface area contributed by atoms with Crippen molar-refractivity contribution in [2.45, 2.75) is 33.3 Å². The summed E-state index contributed by atoms with van der Waals surface area (Å²) in [5.41, 5.74) is 9.46. The monoisotopic (exact) mass is 397 g/mol. The first kappa shape index (κ1) is 19.8. The van der Waals surface area contributed by atoms with Gasteiger partial charge in [-0.05, 0) is 44.4 Å². The lowest BCUT2D eigenvalue weighted by atomic mass is 10.1. The van der Waals surface area contributed by atoms with Gasteiger partial charge in [-0.25, -0.2) is 9.78 Å². The first-order valence-electron chi connectivity index (χ1n) is 9.05. The molecule has 3 N–H and O–H groups in total. The normalized spacial score (nSPS) is 12.0. The number of nitrogens with zero attached hydrogens (tertiary/aromatic N) is 1. The van der Waals surface area contributed by atoms with Crippen molar-refractivity contribution in [3.8, 4) is 0 Å². The van der Waals surface area contributed by atoms with Crippen molar-refractivity contribution in [1.82, 2.24) is 10.3 Å². The maximum Gasteiger partial charge on any atom is 0.351 e. The Bertz CT molecular complexity index is 1010. The second kappa shape index (κ2) is 8.39. The van der Waals surface area contributed by atoms with E-state index in [-0.39, 0.29) is 10.8 Å². The number of carbonyl (C=O) groups excluding carboxylic acids is 2. The zero-order chi connectivity index (χ0) is 20.3. The zero-order valence-corrected chi connectivity index (χ0v) is 16.9. The van der Waals surface area contributed by atoms with Crippen LogP contribution in [0.2, 0.25) is 0 Å². The third-order valence-corrected chi connectivity index (χ3v) is 5.50. The number of aromatic nitrogens is 1. The van der Waals surface area contributed by atoms with Crippen molar-refractivity contribution in [2.75, 3.05) is 12.3 Å². The third-order valence-electron chi connectivity index (χ3n) is 4.42. The summed E-state index contributed by atoms with van der Waals surface area (Å²) in [5, 5.41) is 3.56. The van der Waals surface area contributed by atoms with E-state index in [2.05, 4.69) is 10.3 Å². The highest BCUT2D eigenvalue weighted by molar-refractivity contribution is 7.21. The van der Waals surface area contributed by atoms with Crippen LogP contribution in [0.5, 0.6) is 0 Å². The molecule has 146 valence electrons. The highest BCUT2D eigenvalue weighted by Crippen LogP contribution is 2.35. The average Bonchev–Trinajstić information content (AvgIpc) is 2.99. The Kier molecular flexibility index (Phi) is 5.94. The lowest BCUT2D eigenvalue weighted by molar-refractivity contribution is -0.129. The Morgan fingerprint density at radius 2 is 1.96 bits per heavy atom. The van der Waals surface area contributed by atoms with Crippen molar-refractivity contribution >= 4 is 39.1 Å². The van der Waals surface area contributed by atoms with Gasteiger partial charge >= 0.3 is 5.97 Å². The average molecular weight is 398 g/mol. The van der Waals surface area contributed by atoms with Crippen LogP contribution in [0.3, 0.4) is 0 Å². The van der Waals surface area contributed by atoms with Crippen molar-refractivity contribution < 1.29 is 14.3 Å². The second-order valence-electron chi connectivity index (χ2n) is 6.68. The summed E-state index contributed by atoms with van der Waals surface area (Å²) in [4.78, 5) is 30.2. The maximum atomic E-state index is 12.5. The molecule has 3 aromatic rings. The number of fused-ring (bicyclic) bond motifs is 1. The molecule has 0 spiro atoms. The molecule has 1 aromatic carbocycles. The maximum absolute atomic E-state index is 12.5. The number of nitrogen functional groups attached to an aromatic ring is 1. The lowest BCUT2D eigenvalue weighted by Gasteiger charge is -2.13. The highest BCUT2D eigenvalue weighted by atomic mass is 32.1. The molecule has 0 radical (unpaired) electrons. The first-order valence-corrected chi connectivity index (χ1v) is 9.87. The number of amides is 1. The van der Waals surface area contributed by atoms with Gasteiger partial charge in [-0.15, -0.1) is 11.3 Å². The zero-order valence-electron chi connectivity index (χ0n) is 16.1.